The Balaban J connectivity index is 1.77. The quantitative estimate of drug-likeness (QED) is 0.174. The molecule has 41 heavy (non-hydrogen) atoms. The number of rotatable bonds is 0. The number of fused-ring (bicyclic) bond motifs is 7. The van der Waals surface area contributed by atoms with E-state index in [0.717, 1.165) is 0 Å². The fourth-order valence-electron chi connectivity index (χ4n) is 6.84. The summed E-state index contributed by atoms with van der Waals surface area (Å²) >= 11 is 2.04. The Kier molecular flexibility index (Phi) is 5.21. The lowest BCUT2D eigenvalue weighted by molar-refractivity contribution is 0.589. The predicted octanol–water partition coefficient (Wildman–Crippen LogP) is 12.7. The first-order valence-electron chi connectivity index (χ1n) is 15.3. The first-order chi connectivity index (χ1) is 18.8. The van der Waals surface area contributed by atoms with Crippen LogP contribution in [0.5, 0.6) is 0 Å². The van der Waals surface area contributed by atoms with Crippen LogP contribution < -0.4 is 0 Å². The summed E-state index contributed by atoms with van der Waals surface area (Å²) in [4.78, 5) is 0. The van der Waals surface area contributed by atoms with E-state index in [1.807, 2.05) is 11.3 Å². The van der Waals surface area contributed by atoms with Crippen LogP contribution in [0.4, 0.5) is 0 Å². The summed E-state index contributed by atoms with van der Waals surface area (Å²) in [6.45, 7) is 28.2. The van der Waals surface area contributed by atoms with Gasteiger partial charge < -0.3 is 0 Å². The van der Waals surface area contributed by atoms with Gasteiger partial charge in [0, 0.05) is 30.9 Å². The van der Waals surface area contributed by atoms with E-state index in [2.05, 4.69) is 132 Å². The van der Waals surface area contributed by atoms with Crippen LogP contribution in [0.2, 0.25) is 0 Å². The van der Waals surface area contributed by atoms with Crippen molar-refractivity contribution in [3.63, 3.8) is 0 Å². The van der Waals surface area contributed by atoms with Gasteiger partial charge in [-0.2, -0.15) is 0 Å². The lowest BCUT2D eigenvalue weighted by atomic mass is 9.82. The summed E-state index contributed by atoms with van der Waals surface area (Å²) in [5.74, 6) is 0. The highest BCUT2D eigenvalue weighted by molar-refractivity contribution is 7.28. The molecule has 0 N–H and O–H groups in total. The summed E-state index contributed by atoms with van der Waals surface area (Å²) in [6, 6.07) is 19.9. The zero-order valence-electron chi connectivity index (χ0n) is 27.0. The molecule has 0 atom stereocenters. The molecule has 0 unspecified atom stereocenters. The minimum atomic E-state index is 0.0779. The average Bonchev–Trinajstić information content (AvgIpc) is 3.46. The van der Waals surface area contributed by atoms with Crippen molar-refractivity contribution in [3.05, 3.63) is 70.8 Å². The third-order valence-electron chi connectivity index (χ3n) is 9.50. The molecule has 0 aliphatic heterocycles. The lowest BCUT2D eigenvalue weighted by Gasteiger charge is -2.22. The predicted molar refractivity (Wildman–Crippen MR) is 187 cm³/mol. The molecule has 6 aromatic carbocycles. The fraction of sp³-hybridized carbons (Fsp3) is 0.400. The third kappa shape index (κ3) is 3.84. The topological polar surface area (TPSA) is 0 Å². The van der Waals surface area contributed by atoms with Crippen molar-refractivity contribution in [1.82, 2.24) is 0 Å². The zero-order chi connectivity index (χ0) is 29.6. The van der Waals surface area contributed by atoms with Crippen LogP contribution in [0.25, 0.3) is 63.3 Å². The number of thiophene rings is 1. The minimum absolute atomic E-state index is 0.0779. The molecule has 7 aromatic rings. The summed E-state index contributed by atoms with van der Waals surface area (Å²) in [5.41, 5.74) is 6.02. The molecular formula is C40H44S. The Bertz CT molecular complexity index is 1990. The molecule has 1 heteroatoms. The van der Waals surface area contributed by atoms with Crippen molar-refractivity contribution in [2.75, 3.05) is 0 Å². The van der Waals surface area contributed by atoms with Crippen LogP contribution in [0.3, 0.4) is 0 Å². The second-order valence-corrected chi connectivity index (χ2v) is 17.8. The molecule has 0 saturated heterocycles. The lowest BCUT2D eigenvalue weighted by Crippen LogP contribution is -2.12. The third-order valence-corrected chi connectivity index (χ3v) is 10.8. The second-order valence-electron chi connectivity index (χ2n) is 16.8. The second kappa shape index (κ2) is 7.93. The smallest absolute Gasteiger partial charge is 0.0441 e. The van der Waals surface area contributed by atoms with Crippen LogP contribution in [0.1, 0.15) is 105 Å². The molecule has 0 aliphatic rings. The highest BCUT2D eigenvalue weighted by atomic mass is 32.1. The van der Waals surface area contributed by atoms with Crippen LogP contribution in [-0.4, -0.2) is 0 Å². The Morgan fingerprint density at radius 1 is 0.341 bits per heavy atom. The molecule has 0 spiro atoms. The first kappa shape index (κ1) is 27.0. The van der Waals surface area contributed by atoms with E-state index < -0.39 is 0 Å². The number of hydrogen-bond donors (Lipinski definition) is 0. The summed E-state index contributed by atoms with van der Waals surface area (Å²) in [6.07, 6.45) is 0. The molecule has 0 nitrogen and oxygen atoms in total. The molecule has 0 bridgehead atoms. The van der Waals surface area contributed by atoms with Crippen LogP contribution >= 0.6 is 11.3 Å². The van der Waals surface area contributed by atoms with E-state index in [1.54, 1.807) is 0 Å². The Morgan fingerprint density at radius 3 is 0.878 bits per heavy atom. The van der Waals surface area contributed by atoms with Crippen molar-refractivity contribution in [2.45, 2.75) is 105 Å². The highest BCUT2D eigenvalue weighted by Gasteiger charge is 2.28. The standard InChI is InChI=1S/C40H44S/c1-37(2,3)23-13-21-15-25(39(7,8)9)19-29-31(21)27(17-23)33-34-28-18-24(38(4,5)6)14-22-16-26(40(10,11)12)20-30(32(22)28)36(34)41-35(29)33/h13-20H,1-12H3. The average molecular weight is 557 g/mol. The van der Waals surface area contributed by atoms with Gasteiger partial charge in [0.25, 0.3) is 0 Å². The van der Waals surface area contributed by atoms with E-state index in [4.69, 9.17) is 0 Å². The van der Waals surface area contributed by atoms with Crippen molar-refractivity contribution >= 4 is 74.6 Å². The van der Waals surface area contributed by atoms with Gasteiger partial charge in [-0.3, -0.25) is 0 Å². The molecule has 0 aliphatic carbocycles. The maximum Gasteiger partial charge on any atom is 0.0441 e. The molecule has 0 fully saturated rings. The van der Waals surface area contributed by atoms with Crippen LogP contribution in [0.15, 0.2) is 48.5 Å². The molecule has 0 amide bonds. The summed E-state index contributed by atoms with van der Waals surface area (Å²) < 4.78 is 2.93. The van der Waals surface area contributed by atoms with Gasteiger partial charge in [0.2, 0.25) is 0 Å². The Labute approximate surface area is 249 Å². The van der Waals surface area contributed by atoms with E-state index in [1.165, 1.54) is 85.5 Å². The van der Waals surface area contributed by atoms with Gasteiger partial charge in [-0.15, -0.1) is 11.3 Å². The number of hydrogen-bond acceptors (Lipinski definition) is 1. The molecule has 1 heterocycles. The summed E-state index contributed by atoms with van der Waals surface area (Å²) in [7, 11) is 0. The minimum Gasteiger partial charge on any atom is -0.134 e. The fourth-order valence-corrected chi connectivity index (χ4v) is 8.21. The molecule has 1 aromatic heterocycles. The SMILES string of the molecule is CC(C)(C)c1cc2cc(C(C)(C)C)cc3c2c(c1)c1sc2c4cc(C(C)(C)C)cc5cc(C(C)(C)C)cc(c54)c2c31. The monoisotopic (exact) mass is 556 g/mol. The zero-order valence-corrected chi connectivity index (χ0v) is 27.8. The van der Waals surface area contributed by atoms with Gasteiger partial charge in [-0.25, -0.2) is 0 Å². The highest BCUT2D eigenvalue weighted by Crippen LogP contribution is 2.54. The van der Waals surface area contributed by atoms with Gasteiger partial charge in [0.1, 0.15) is 0 Å². The van der Waals surface area contributed by atoms with Gasteiger partial charge in [-0.1, -0.05) is 107 Å². The first-order valence-corrected chi connectivity index (χ1v) is 16.1. The summed E-state index contributed by atoms with van der Waals surface area (Å²) in [5, 5.41) is 14.4. The van der Waals surface area contributed by atoms with Gasteiger partial charge in [-0.05, 0) is 100 Å². The van der Waals surface area contributed by atoms with Crippen LogP contribution in [0, 0.1) is 0 Å². The van der Waals surface area contributed by atoms with Crippen molar-refractivity contribution in [1.29, 1.82) is 0 Å². The Hall–Kier alpha value is -2.90. The van der Waals surface area contributed by atoms with E-state index in [-0.39, 0.29) is 21.7 Å². The number of benzene rings is 4. The van der Waals surface area contributed by atoms with Crippen molar-refractivity contribution in [3.8, 4) is 0 Å². The van der Waals surface area contributed by atoms with E-state index >= 15 is 0 Å². The molecule has 0 saturated carbocycles. The van der Waals surface area contributed by atoms with Gasteiger partial charge in [0.15, 0.2) is 0 Å². The largest absolute Gasteiger partial charge is 0.134 e. The van der Waals surface area contributed by atoms with Crippen molar-refractivity contribution < 1.29 is 0 Å². The van der Waals surface area contributed by atoms with Crippen LogP contribution in [-0.2, 0) is 21.7 Å². The van der Waals surface area contributed by atoms with Gasteiger partial charge in [0.05, 0.1) is 0 Å². The van der Waals surface area contributed by atoms with E-state index in [0.29, 0.717) is 0 Å². The maximum absolute atomic E-state index is 2.52. The molecular weight excluding hydrogens is 513 g/mol. The normalized spacial score (nSPS) is 14.3. The molecule has 210 valence electrons. The van der Waals surface area contributed by atoms with E-state index in [9.17, 15) is 0 Å². The van der Waals surface area contributed by atoms with Crippen molar-refractivity contribution in [2.24, 2.45) is 0 Å². The molecule has 7 rings (SSSR count). The Morgan fingerprint density at radius 2 is 0.610 bits per heavy atom. The van der Waals surface area contributed by atoms with Gasteiger partial charge >= 0.3 is 0 Å². The molecule has 0 radical (unpaired) electrons. The maximum atomic E-state index is 2.52.